The number of anilines is 1. The molecule has 0 saturated heterocycles. The Morgan fingerprint density at radius 1 is 1.12 bits per heavy atom. The normalized spacial score (nSPS) is 11.2. The fourth-order valence-electron chi connectivity index (χ4n) is 2.48. The Balaban J connectivity index is 2.08. The van der Waals surface area contributed by atoms with Gasteiger partial charge >= 0.3 is 0 Å². The summed E-state index contributed by atoms with van der Waals surface area (Å²) in [4.78, 5) is 25.6. The summed E-state index contributed by atoms with van der Waals surface area (Å²) < 4.78 is 5.25. The van der Waals surface area contributed by atoms with E-state index in [1.165, 1.54) is 11.8 Å². The van der Waals surface area contributed by atoms with E-state index >= 15 is 0 Å². The van der Waals surface area contributed by atoms with Crippen LogP contribution >= 0.6 is 0 Å². The fraction of sp³-hybridized carbons (Fsp3) is 0.368. The first-order valence-electron chi connectivity index (χ1n) is 7.94. The van der Waals surface area contributed by atoms with Crippen molar-refractivity contribution in [1.82, 2.24) is 4.90 Å². The van der Waals surface area contributed by atoms with Gasteiger partial charge in [0.2, 0.25) is 11.8 Å². The molecule has 128 valence electrons. The van der Waals surface area contributed by atoms with Crippen LogP contribution in [-0.4, -0.2) is 23.3 Å². The Morgan fingerprint density at radius 2 is 1.83 bits per heavy atom. The van der Waals surface area contributed by atoms with Crippen LogP contribution in [0.5, 0.6) is 0 Å². The molecule has 24 heavy (non-hydrogen) atoms. The molecule has 0 aliphatic heterocycles. The van der Waals surface area contributed by atoms with Crippen LogP contribution < -0.4 is 5.32 Å². The average Bonchev–Trinajstić information content (AvgIpc) is 2.99. The van der Waals surface area contributed by atoms with Gasteiger partial charge < -0.3 is 14.6 Å². The minimum absolute atomic E-state index is 0.0193. The average molecular weight is 328 g/mol. The summed E-state index contributed by atoms with van der Waals surface area (Å²) in [5.41, 5.74) is 1.74. The molecule has 1 aromatic heterocycles. The van der Waals surface area contributed by atoms with Crippen LogP contribution in [0, 0.1) is 0 Å². The zero-order chi connectivity index (χ0) is 17.7. The molecule has 0 bridgehead atoms. The van der Waals surface area contributed by atoms with Crippen molar-refractivity contribution in [2.75, 3.05) is 11.9 Å². The molecule has 0 unspecified atom stereocenters. The van der Waals surface area contributed by atoms with Crippen LogP contribution in [0.1, 0.15) is 39.0 Å². The Hall–Kier alpha value is -2.56. The van der Waals surface area contributed by atoms with Crippen molar-refractivity contribution in [3.05, 3.63) is 54.0 Å². The lowest BCUT2D eigenvalue weighted by atomic mass is 9.86. The topological polar surface area (TPSA) is 62.6 Å². The molecule has 5 nitrogen and oxygen atoms in total. The summed E-state index contributed by atoms with van der Waals surface area (Å²) in [6, 6.07) is 11.3. The van der Waals surface area contributed by atoms with Crippen LogP contribution in [-0.2, 0) is 21.5 Å². The third-order valence-electron chi connectivity index (χ3n) is 3.72. The van der Waals surface area contributed by atoms with Crippen LogP contribution in [0.4, 0.5) is 5.69 Å². The lowest BCUT2D eigenvalue weighted by molar-refractivity contribution is -0.133. The van der Waals surface area contributed by atoms with Gasteiger partial charge in [0.05, 0.1) is 12.8 Å². The Bertz CT molecular complexity index is 700. The summed E-state index contributed by atoms with van der Waals surface area (Å²) in [5.74, 6) is 0.243. The van der Waals surface area contributed by atoms with E-state index in [4.69, 9.17) is 4.42 Å². The summed E-state index contributed by atoms with van der Waals surface area (Å²) in [5, 5.41) is 2.92. The SMILES string of the molecule is CC(=O)N(CC(=O)Nc1ccccc1C(C)(C)C)Cc1ccco1. The van der Waals surface area contributed by atoms with Crippen molar-refractivity contribution in [3.63, 3.8) is 0 Å². The van der Waals surface area contributed by atoms with Crippen LogP contribution in [0.3, 0.4) is 0 Å². The van der Waals surface area contributed by atoms with E-state index in [1.54, 1.807) is 18.4 Å². The predicted octanol–water partition coefficient (Wildman–Crippen LogP) is 3.56. The van der Waals surface area contributed by atoms with Gasteiger partial charge in [-0.15, -0.1) is 0 Å². The molecular weight excluding hydrogens is 304 g/mol. The molecule has 0 aliphatic rings. The molecular formula is C19H24N2O3. The Labute approximate surface area is 142 Å². The number of furan rings is 1. The fourth-order valence-corrected chi connectivity index (χ4v) is 2.48. The van der Waals surface area contributed by atoms with Gasteiger partial charge in [-0.25, -0.2) is 0 Å². The molecule has 1 heterocycles. The maximum absolute atomic E-state index is 12.4. The monoisotopic (exact) mass is 328 g/mol. The van der Waals surface area contributed by atoms with E-state index in [0.717, 1.165) is 11.3 Å². The maximum Gasteiger partial charge on any atom is 0.244 e. The number of nitrogens with one attached hydrogen (secondary N) is 1. The molecule has 0 aliphatic carbocycles. The highest BCUT2D eigenvalue weighted by Crippen LogP contribution is 2.29. The molecule has 2 rings (SSSR count). The molecule has 0 atom stereocenters. The number of amides is 2. The van der Waals surface area contributed by atoms with Crippen molar-refractivity contribution in [2.45, 2.75) is 39.7 Å². The second-order valence-corrected chi connectivity index (χ2v) is 6.80. The van der Waals surface area contributed by atoms with E-state index in [2.05, 4.69) is 26.1 Å². The smallest absolute Gasteiger partial charge is 0.244 e. The maximum atomic E-state index is 12.4. The van der Waals surface area contributed by atoms with Gasteiger partial charge in [-0.2, -0.15) is 0 Å². The van der Waals surface area contributed by atoms with Gasteiger partial charge in [0.25, 0.3) is 0 Å². The molecule has 2 aromatic rings. The number of hydrogen-bond acceptors (Lipinski definition) is 3. The number of benzene rings is 1. The minimum Gasteiger partial charge on any atom is -0.467 e. The van der Waals surface area contributed by atoms with E-state index in [1.807, 2.05) is 24.3 Å². The summed E-state index contributed by atoms with van der Waals surface area (Å²) in [6.45, 7) is 7.98. The second kappa shape index (κ2) is 7.34. The zero-order valence-corrected chi connectivity index (χ0v) is 14.6. The number of carbonyl (C=O) groups excluding carboxylic acids is 2. The van der Waals surface area contributed by atoms with Crippen LogP contribution in [0.2, 0.25) is 0 Å². The highest BCUT2D eigenvalue weighted by molar-refractivity contribution is 5.95. The van der Waals surface area contributed by atoms with E-state index in [-0.39, 0.29) is 30.3 Å². The summed E-state index contributed by atoms with van der Waals surface area (Å²) in [6.07, 6.45) is 1.55. The first-order chi connectivity index (χ1) is 11.3. The van der Waals surface area contributed by atoms with Crippen molar-refractivity contribution in [1.29, 1.82) is 0 Å². The predicted molar refractivity (Wildman–Crippen MR) is 93.6 cm³/mol. The lowest BCUT2D eigenvalue weighted by Gasteiger charge is -2.24. The van der Waals surface area contributed by atoms with Gasteiger partial charge in [-0.05, 0) is 29.2 Å². The van der Waals surface area contributed by atoms with Gasteiger partial charge in [0.1, 0.15) is 12.3 Å². The first-order valence-corrected chi connectivity index (χ1v) is 7.94. The van der Waals surface area contributed by atoms with Gasteiger partial charge in [0.15, 0.2) is 0 Å². The molecule has 2 amide bonds. The number of carbonyl (C=O) groups is 2. The molecule has 5 heteroatoms. The second-order valence-electron chi connectivity index (χ2n) is 6.80. The standard InChI is InChI=1S/C19H24N2O3/c1-14(22)21(12-15-8-7-11-24-15)13-18(23)20-17-10-6-5-9-16(17)19(2,3)4/h5-11H,12-13H2,1-4H3,(H,20,23). The highest BCUT2D eigenvalue weighted by atomic mass is 16.3. The van der Waals surface area contributed by atoms with Crippen molar-refractivity contribution in [2.24, 2.45) is 0 Å². The molecule has 1 aromatic carbocycles. The molecule has 0 saturated carbocycles. The summed E-state index contributed by atoms with van der Waals surface area (Å²) >= 11 is 0. The summed E-state index contributed by atoms with van der Waals surface area (Å²) in [7, 11) is 0. The number of nitrogens with zero attached hydrogens (tertiary/aromatic N) is 1. The number of hydrogen-bond donors (Lipinski definition) is 1. The van der Waals surface area contributed by atoms with Gasteiger partial charge in [-0.1, -0.05) is 39.0 Å². The quantitative estimate of drug-likeness (QED) is 0.913. The molecule has 1 N–H and O–H groups in total. The molecule has 0 radical (unpaired) electrons. The van der Waals surface area contributed by atoms with Crippen molar-refractivity contribution in [3.8, 4) is 0 Å². The van der Waals surface area contributed by atoms with E-state index in [0.29, 0.717) is 5.76 Å². The minimum atomic E-state index is -0.228. The molecule has 0 fully saturated rings. The van der Waals surface area contributed by atoms with E-state index in [9.17, 15) is 9.59 Å². The molecule has 0 spiro atoms. The third kappa shape index (κ3) is 4.72. The third-order valence-corrected chi connectivity index (χ3v) is 3.72. The van der Waals surface area contributed by atoms with Crippen LogP contribution in [0.25, 0.3) is 0 Å². The van der Waals surface area contributed by atoms with Gasteiger partial charge in [0, 0.05) is 12.6 Å². The highest BCUT2D eigenvalue weighted by Gasteiger charge is 2.20. The Kier molecular flexibility index (Phi) is 5.44. The largest absolute Gasteiger partial charge is 0.467 e. The zero-order valence-electron chi connectivity index (χ0n) is 14.6. The Morgan fingerprint density at radius 3 is 2.42 bits per heavy atom. The van der Waals surface area contributed by atoms with Gasteiger partial charge in [-0.3, -0.25) is 9.59 Å². The van der Waals surface area contributed by atoms with Crippen molar-refractivity contribution >= 4 is 17.5 Å². The lowest BCUT2D eigenvalue weighted by Crippen LogP contribution is -2.36. The number of para-hydroxylation sites is 1. The van der Waals surface area contributed by atoms with Crippen molar-refractivity contribution < 1.29 is 14.0 Å². The first kappa shape index (κ1) is 17.8. The number of rotatable bonds is 5. The van der Waals surface area contributed by atoms with E-state index < -0.39 is 0 Å². The van der Waals surface area contributed by atoms with Crippen LogP contribution in [0.15, 0.2) is 47.1 Å².